The van der Waals surface area contributed by atoms with Crippen molar-refractivity contribution in [2.24, 2.45) is 0 Å². The number of aromatic nitrogens is 2. The number of nitrogens with zero attached hydrogens (tertiary/aromatic N) is 3. The fourth-order valence-corrected chi connectivity index (χ4v) is 3.65. The summed E-state index contributed by atoms with van der Waals surface area (Å²) in [5.41, 5.74) is -1.51. The largest absolute Gasteiger partial charge is 0.507 e. The van der Waals surface area contributed by atoms with Gasteiger partial charge in [-0.05, 0) is 56.3 Å². The average molecular weight is 454 g/mol. The third-order valence-corrected chi connectivity index (χ3v) is 5.13. The predicted molar refractivity (Wildman–Crippen MR) is 107 cm³/mol. The number of aromatic hydroxyl groups is 1. The van der Waals surface area contributed by atoms with Gasteiger partial charge < -0.3 is 19.7 Å². The number of rotatable bonds is 4. The van der Waals surface area contributed by atoms with Crippen molar-refractivity contribution in [1.29, 1.82) is 0 Å². The molecule has 0 unspecified atom stereocenters. The maximum atomic E-state index is 13.5. The summed E-state index contributed by atoms with van der Waals surface area (Å²) in [6, 6.07) is 3.53. The van der Waals surface area contributed by atoms with Gasteiger partial charge in [-0.2, -0.15) is 18.2 Å². The Morgan fingerprint density at radius 3 is 2.69 bits per heavy atom. The summed E-state index contributed by atoms with van der Waals surface area (Å²) in [5.74, 6) is -0.949. The van der Waals surface area contributed by atoms with Crippen molar-refractivity contribution in [3.05, 3.63) is 47.2 Å². The van der Waals surface area contributed by atoms with Gasteiger partial charge in [0.1, 0.15) is 5.75 Å². The lowest BCUT2D eigenvalue weighted by atomic mass is 9.99. The molecule has 1 fully saturated rings. The molecule has 0 bridgehead atoms. The van der Waals surface area contributed by atoms with Gasteiger partial charge in [0.15, 0.2) is 5.58 Å². The van der Waals surface area contributed by atoms with Crippen LogP contribution in [-0.2, 0) is 6.18 Å². The number of fused-ring (bicyclic) bond motifs is 1. The van der Waals surface area contributed by atoms with Crippen LogP contribution in [0.3, 0.4) is 0 Å². The first-order valence-electron chi connectivity index (χ1n) is 9.75. The molecule has 3 aromatic rings. The van der Waals surface area contributed by atoms with E-state index in [9.17, 15) is 27.1 Å². The monoisotopic (exact) mass is 454 g/mol. The molecule has 170 valence electrons. The minimum absolute atomic E-state index is 0.0590. The SMILES string of the molecule is CN1CCCC(=CNc2nc3nc(-c4c(O)cc(C(F)(F)F)cc4C(F)F)ccc3o2)C1. The molecule has 32 heavy (non-hydrogen) atoms. The molecule has 1 aliphatic rings. The summed E-state index contributed by atoms with van der Waals surface area (Å²) < 4.78 is 71.5. The van der Waals surface area contributed by atoms with E-state index in [1.165, 1.54) is 12.1 Å². The number of likely N-dealkylation sites (tertiary alicyclic amines) is 1. The van der Waals surface area contributed by atoms with Crippen molar-refractivity contribution in [2.75, 3.05) is 25.5 Å². The van der Waals surface area contributed by atoms with Crippen molar-refractivity contribution in [3.63, 3.8) is 0 Å². The summed E-state index contributed by atoms with van der Waals surface area (Å²) >= 11 is 0. The molecule has 0 aliphatic carbocycles. The van der Waals surface area contributed by atoms with E-state index >= 15 is 0 Å². The van der Waals surface area contributed by atoms with Gasteiger partial charge in [0, 0.05) is 18.3 Å². The molecule has 3 heterocycles. The van der Waals surface area contributed by atoms with Crippen LogP contribution in [0.15, 0.2) is 40.5 Å². The number of oxazole rings is 1. The standard InChI is InChI=1S/C21H19F5N4O2/c1-30-6-2-3-11(10-30)9-27-20-29-19-16(32-20)5-4-14(28-19)17-13(18(22)23)7-12(8-15(17)31)21(24,25)26/h4-5,7-9,18,31H,2-3,6,10H2,1H3,(H,27,28,29). The van der Waals surface area contributed by atoms with Gasteiger partial charge in [0.2, 0.25) is 5.65 Å². The Bertz CT molecular complexity index is 1170. The Kier molecular flexibility index (Phi) is 5.76. The number of pyridine rings is 1. The maximum Gasteiger partial charge on any atom is 0.416 e. The first-order chi connectivity index (χ1) is 15.1. The van der Waals surface area contributed by atoms with Crippen LogP contribution in [-0.4, -0.2) is 40.1 Å². The Hall–Kier alpha value is -3.21. The van der Waals surface area contributed by atoms with Crippen molar-refractivity contribution in [2.45, 2.75) is 25.4 Å². The normalized spacial score (nSPS) is 16.9. The van der Waals surface area contributed by atoms with E-state index in [1.807, 2.05) is 7.05 Å². The Morgan fingerprint density at radius 2 is 2.00 bits per heavy atom. The molecule has 4 rings (SSSR count). The van der Waals surface area contributed by atoms with Crippen LogP contribution in [0, 0.1) is 0 Å². The van der Waals surface area contributed by atoms with Crippen molar-refractivity contribution in [3.8, 4) is 17.0 Å². The third kappa shape index (κ3) is 4.52. The van der Waals surface area contributed by atoms with E-state index in [0.717, 1.165) is 31.5 Å². The number of nitrogens with one attached hydrogen (secondary N) is 1. The molecule has 0 atom stereocenters. The second-order valence-electron chi connectivity index (χ2n) is 7.58. The number of benzene rings is 1. The van der Waals surface area contributed by atoms with Gasteiger partial charge in [-0.3, -0.25) is 0 Å². The summed E-state index contributed by atoms with van der Waals surface area (Å²) in [6.45, 7) is 1.82. The zero-order valence-electron chi connectivity index (χ0n) is 16.9. The lowest BCUT2D eigenvalue weighted by Gasteiger charge is -2.24. The number of phenols is 1. The third-order valence-electron chi connectivity index (χ3n) is 5.13. The fraction of sp³-hybridized carbons (Fsp3) is 0.333. The number of halogens is 5. The molecule has 2 aromatic heterocycles. The minimum Gasteiger partial charge on any atom is -0.507 e. The average Bonchev–Trinajstić information content (AvgIpc) is 3.13. The van der Waals surface area contributed by atoms with Crippen molar-refractivity contribution in [1.82, 2.24) is 14.9 Å². The van der Waals surface area contributed by atoms with Gasteiger partial charge in [0.25, 0.3) is 6.43 Å². The van der Waals surface area contributed by atoms with Crippen LogP contribution in [0.5, 0.6) is 5.75 Å². The second-order valence-corrected chi connectivity index (χ2v) is 7.58. The lowest BCUT2D eigenvalue weighted by molar-refractivity contribution is -0.137. The van der Waals surface area contributed by atoms with E-state index in [-0.39, 0.29) is 22.9 Å². The lowest BCUT2D eigenvalue weighted by Crippen LogP contribution is -2.27. The van der Waals surface area contributed by atoms with E-state index in [0.29, 0.717) is 12.1 Å². The molecule has 0 saturated carbocycles. The van der Waals surface area contributed by atoms with Gasteiger partial charge >= 0.3 is 12.2 Å². The van der Waals surface area contributed by atoms with Crippen LogP contribution in [0.25, 0.3) is 22.5 Å². The zero-order chi connectivity index (χ0) is 23.0. The Labute approximate surface area is 179 Å². The van der Waals surface area contributed by atoms with Gasteiger partial charge in [-0.25, -0.2) is 13.8 Å². The number of piperidine rings is 1. The smallest absolute Gasteiger partial charge is 0.416 e. The molecule has 0 spiro atoms. The predicted octanol–water partition coefficient (Wildman–Crippen LogP) is 5.57. The van der Waals surface area contributed by atoms with Gasteiger partial charge in [-0.1, -0.05) is 0 Å². The summed E-state index contributed by atoms with van der Waals surface area (Å²) in [7, 11) is 2.02. The summed E-state index contributed by atoms with van der Waals surface area (Å²) in [6.07, 6.45) is -4.39. The molecule has 1 saturated heterocycles. The number of phenolic OH excluding ortho intramolecular Hbond substituents is 1. The number of hydrogen-bond donors (Lipinski definition) is 2. The number of hydrogen-bond acceptors (Lipinski definition) is 6. The second kappa shape index (κ2) is 8.38. The first kappa shape index (κ1) is 22.0. The topological polar surface area (TPSA) is 74.4 Å². The number of alkyl halides is 5. The molecule has 1 aliphatic heterocycles. The Morgan fingerprint density at radius 1 is 1.22 bits per heavy atom. The molecule has 0 amide bonds. The zero-order valence-corrected chi connectivity index (χ0v) is 16.9. The highest BCUT2D eigenvalue weighted by molar-refractivity contribution is 5.79. The molecule has 1 aromatic carbocycles. The van der Waals surface area contributed by atoms with Crippen LogP contribution < -0.4 is 5.32 Å². The molecule has 2 N–H and O–H groups in total. The van der Waals surface area contributed by atoms with E-state index in [1.54, 1.807) is 6.20 Å². The van der Waals surface area contributed by atoms with E-state index in [4.69, 9.17) is 4.42 Å². The van der Waals surface area contributed by atoms with E-state index in [2.05, 4.69) is 20.2 Å². The van der Waals surface area contributed by atoms with Crippen LogP contribution in [0.1, 0.15) is 30.4 Å². The minimum atomic E-state index is -4.88. The van der Waals surface area contributed by atoms with Crippen molar-refractivity contribution >= 4 is 17.2 Å². The molecular formula is C21H19F5N4O2. The number of likely N-dealkylation sites (N-methyl/N-ethyl adjacent to an activating group) is 1. The quantitative estimate of drug-likeness (QED) is 0.502. The summed E-state index contributed by atoms with van der Waals surface area (Å²) in [4.78, 5) is 10.5. The van der Waals surface area contributed by atoms with Crippen LogP contribution in [0.4, 0.5) is 28.0 Å². The van der Waals surface area contributed by atoms with Crippen molar-refractivity contribution < 1.29 is 31.5 Å². The van der Waals surface area contributed by atoms with Gasteiger partial charge in [-0.15, -0.1) is 0 Å². The van der Waals surface area contributed by atoms with Crippen LogP contribution >= 0.6 is 0 Å². The molecule has 6 nitrogen and oxygen atoms in total. The Balaban J connectivity index is 1.68. The number of anilines is 1. The summed E-state index contributed by atoms with van der Waals surface area (Å²) in [5, 5.41) is 13.1. The van der Waals surface area contributed by atoms with Crippen LogP contribution in [0.2, 0.25) is 0 Å². The highest BCUT2D eigenvalue weighted by Crippen LogP contribution is 2.42. The highest BCUT2D eigenvalue weighted by atomic mass is 19.4. The van der Waals surface area contributed by atoms with E-state index < -0.39 is 35.0 Å². The van der Waals surface area contributed by atoms with Gasteiger partial charge in [0.05, 0.1) is 16.8 Å². The molecule has 0 radical (unpaired) electrons. The first-order valence-corrected chi connectivity index (χ1v) is 9.75. The maximum absolute atomic E-state index is 13.5. The highest BCUT2D eigenvalue weighted by Gasteiger charge is 2.34. The molecular weight excluding hydrogens is 435 g/mol. The molecule has 11 heteroatoms. The fourth-order valence-electron chi connectivity index (χ4n) is 3.65.